The molecule has 0 aliphatic carbocycles. The van der Waals surface area contributed by atoms with E-state index in [1.165, 1.54) is 6.07 Å². The molecule has 1 aliphatic rings. The number of aryl methyl sites for hydroxylation is 1. The van der Waals surface area contributed by atoms with Gasteiger partial charge < -0.3 is 20.4 Å². The van der Waals surface area contributed by atoms with Crippen molar-refractivity contribution in [3.63, 3.8) is 0 Å². The summed E-state index contributed by atoms with van der Waals surface area (Å²) < 4.78 is 19.9. The maximum Gasteiger partial charge on any atom is 0.256 e. The minimum absolute atomic E-state index is 0.0103. The maximum absolute atomic E-state index is 14.6. The molecule has 1 aliphatic heterocycles. The second kappa shape index (κ2) is 10.8. The van der Waals surface area contributed by atoms with E-state index in [0.717, 1.165) is 18.7 Å². The van der Waals surface area contributed by atoms with Crippen molar-refractivity contribution in [3.05, 3.63) is 70.0 Å². The van der Waals surface area contributed by atoms with Crippen LogP contribution in [0.15, 0.2) is 47.4 Å². The summed E-state index contributed by atoms with van der Waals surface area (Å²) in [6, 6.07) is 9.85. The average Bonchev–Trinajstić information content (AvgIpc) is 2.82. The molecule has 3 N–H and O–H groups in total. The summed E-state index contributed by atoms with van der Waals surface area (Å²) in [4.78, 5) is 34.5. The number of hydrogen-bond acceptors (Lipinski definition) is 6. The van der Waals surface area contributed by atoms with E-state index in [4.69, 9.17) is 4.74 Å². The number of halogens is 1. The largest absolute Gasteiger partial charge is 0.379 e. The maximum atomic E-state index is 14.6. The molecular weight excluding hydrogens is 449 g/mol. The van der Waals surface area contributed by atoms with E-state index < -0.39 is 5.82 Å². The van der Waals surface area contributed by atoms with E-state index in [0.29, 0.717) is 36.1 Å². The lowest BCUT2D eigenvalue weighted by Gasteiger charge is -2.25. The van der Waals surface area contributed by atoms with E-state index in [9.17, 15) is 14.0 Å². The standard InChI is InChI=1S/C26H30FN5O3/c1-16(2)25-22(14-20(26(34)31-25)19-12-17(3)4-5-21(19)27)29-18-6-7-28-23(13-18)30-24(33)15-32-8-10-35-11-9-32/h4-7,12-14,16H,8-11,15H2,1-3H3,(H,31,34)(H2,28,29,30,33). The second-order valence-corrected chi connectivity index (χ2v) is 8.97. The number of nitrogens with one attached hydrogen (secondary N) is 3. The van der Waals surface area contributed by atoms with Crippen LogP contribution in [0, 0.1) is 12.7 Å². The summed E-state index contributed by atoms with van der Waals surface area (Å²) in [7, 11) is 0. The van der Waals surface area contributed by atoms with Crippen molar-refractivity contribution in [2.45, 2.75) is 26.7 Å². The van der Waals surface area contributed by atoms with Crippen molar-refractivity contribution in [1.29, 1.82) is 0 Å². The van der Waals surface area contributed by atoms with Crippen LogP contribution < -0.4 is 16.2 Å². The molecule has 184 valence electrons. The second-order valence-electron chi connectivity index (χ2n) is 8.97. The normalized spacial score (nSPS) is 14.2. The Labute approximate surface area is 203 Å². The Morgan fingerprint density at radius 1 is 1.17 bits per heavy atom. The highest BCUT2D eigenvalue weighted by Gasteiger charge is 2.17. The van der Waals surface area contributed by atoms with Crippen molar-refractivity contribution in [2.75, 3.05) is 43.5 Å². The molecule has 9 heteroatoms. The first kappa shape index (κ1) is 24.6. The van der Waals surface area contributed by atoms with Crippen LogP contribution in [0.4, 0.5) is 21.6 Å². The van der Waals surface area contributed by atoms with Crippen molar-refractivity contribution in [3.8, 4) is 11.1 Å². The number of nitrogens with zero attached hydrogens (tertiary/aromatic N) is 2. The van der Waals surface area contributed by atoms with E-state index in [2.05, 4.69) is 20.6 Å². The fourth-order valence-corrected chi connectivity index (χ4v) is 4.03. The van der Waals surface area contributed by atoms with Gasteiger partial charge >= 0.3 is 0 Å². The summed E-state index contributed by atoms with van der Waals surface area (Å²) >= 11 is 0. The smallest absolute Gasteiger partial charge is 0.256 e. The zero-order valence-corrected chi connectivity index (χ0v) is 20.2. The van der Waals surface area contributed by atoms with E-state index >= 15 is 0 Å². The summed E-state index contributed by atoms with van der Waals surface area (Å²) in [5.74, 6) is -0.191. The molecule has 0 saturated carbocycles. The number of carbonyl (C=O) groups is 1. The van der Waals surface area contributed by atoms with Crippen LogP contribution >= 0.6 is 0 Å². The molecular formula is C26H30FN5O3. The molecule has 8 nitrogen and oxygen atoms in total. The molecule has 0 atom stereocenters. The number of H-pyrrole nitrogens is 1. The molecule has 3 heterocycles. The monoisotopic (exact) mass is 479 g/mol. The molecule has 1 fully saturated rings. The van der Waals surface area contributed by atoms with Crippen LogP contribution in [0.2, 0.25) is 0 Å². The van der Waals surface area contributed by atoms with Crippen LogP contribution in [-0.4, -0.2) is 53.6 Å². The third kappa shape index (κ3) is 6.12. The van der Waals surface area contributed by atoms with E-state index in [1.54, 1.807) is 36.5 Å². The topological polar surface area (TPSA) is 99.3 Å². The van der Waals surface area contributed by atoms with Crippen LogP contribution in [0.1, 0.15) is 31.0 Å². The minimum atomic E-state index is -0.460. The lowest BCUT2D eigenvalue weighted by Crippen LogP contribution is -2.41. The Bertz CT molecular complexity index is 1270. The number of benzene rings is 1. The van der Waals surface area contributed by atoms with E-state index in [-0.39, 0.29) is 35.1 Å². The Balaban J connectivity index is 1.59. The number of anilines is 3. The molecule has 4 rings (SSSR count). The lowest BCUT2D eigenvalue weighted by molar-refractivity contribution is -0.118. The number of aromatic nitrogens is 2. The predicted molar refractivity (Wildman–Crippen MR) is 135 cm³/mol. The van der Waals surface area contributed by atoms with Gasteiger partial charge in [-0.3, -0.25) is 14.5 Å². The third-order valence-electron chi connectivity index (χ3n) is 5.84. The van der Waals surface area contributed by atoms with Gasteiger partial charge in [0.15, 0.2) is 0 Å². The highest BCUT2D eigenvalue weighted by Crippen LogP contribution is 2.30. The number of carbonyl (C=O) groups excluding carboxylic acids is 1. The highest BCUT2D eigenvalue weighted by atomic mass is 19.1. The van der Waals surface area contributed by atoms with Crippen LogP contribution in [0.25, 0.3) is 11.1 Å². The number of hydrogen-bond donors (Lipinski definition) is 3. The van der Waals surface area contributed by atoms with Crippen LogP contribution in [0.3, 0.4) is 0 Å². The molecule has 1 aromatic carbocycles. The van der Waals surface area contributed by atoms with Gasteiger partial charge in [-0.25, -0.2) is 9.37 Å². The summed E-state index contributed by atoms with van der Waals surface area (Å²) in [6.07, 6.45) is 1.59. The minimum Gasteiger partial charge on any atom is -0.379 e. The first-order chi connectivity index (χ1) is 16.8. The van der Waals surface area contributed by atoms with Gasteiger partial charge in [-0.1, -0.05) is 25.5 Å². The van der Waals surface area contributed by atoms with Gasteiger partial charge in [0.2, 0.25) is 5.91 Å². The molecule has 35 heavy (non-hydrogen) atoms. The van der Waals surface area contributed by atoms with Crippen molar-refractivity contribution >= 4 is 23.1 Å². The summed E-state index contributed by atoms with van der Waals surface area (Å²) in [5.41, 5.74) is 3.01. The van der Waals surface area contributed by atoms with Gasteiger partial charge in [0.25, 0.3) is 5.56 Å². The Hall–Kier alpha value is -3.56. The Morgan fingerprint density at radius 3 is 2.69 bits per heavy atom. The van der Waals surface area contributed by atoms with Crippen molar-refractivity contribution < 1.29 is 13.9 Å². The quantitative estimate of drug-likeness (QED) is 0.473. The molecule has 1 saturated heterocycles. The number of morpholine rings is 1. The van der Waals surface area contributed by atoms with Gasteiger partial charge in [0.1, 0.15) is 11.6 Å². The molecule has 2 aromatic heterocycles. The number of ether oxygens (including phenoxy) is 1. The predicted octanol–water partition coefficient (Wildman–Crippen LogP) is 4.02. The zero-order valence-electron chi connectivity index (χ0n) is 20.2. The number of pyridine rings is 2. The molecule has 0 bridgehead atoms. The first-order valence-corrected chi connectivity index (χ1v) is 11.7. The molecule has 0 radical (unpaired) electrons. The molecule has 3 aromatic rings. The van der Waals surface area contributed by atoms with Crippen molar-refractivity contribution in [1.82, 2.24) is 14.9 Å². The summed E-state index contributed by atoms with van der Waals surface area (Å²) in [6.45, 7) is 8.73. The zero-order chi connectivity index (χ0) is 24.9. The van der Waals surface area contributed by atoms with Crippen LogP contribution in [0.5, 0.6) is 0 Å². The molecule has 0 unspecified atom stereocenters. The molecule has 1 amide bonds. The SMILES string of the molecule is Cc1ccc(F)c(-c2cc(Nc3ccnc(NC(=O)CN4CCOCC4)c3)c(C(C)C)[nH]c2=O)c1. The first-order valence-electron chi connectivity index (χ1n) is 11.7. The van der Waals surface area contributed by atoms with Gasteiger partial charge in [0.05, 0.1) is 31.0 Å². The Morgan fingerprint density at radius 2 is 1.94 bits per heavy atom. The lowest BCUT2D eigenvalue weighted by atomic mass is 10.0. The highest BCUT2D eigenvalue weighted by molar-refractivity contribution is 5.91. The van der Waals surface area contributed by atoms with Gasteiger partial charge in [-0.15, -0.1) is 0 Å². The van der Waals surface area contributed by atoms with E-state index in [1.807, 2.05) is 25.7 Å². The van der Waals surface area contributed by atoms with Crippen molar-refractivity contribution in [2.24, 2.45) is 0 Å². The number of amides is 1. The fraction of sp³-hybridized carbons (Fsp3) is 0.346. The molecule has 0 spiro atoms. The Kier molecular flexibility index (Phi) is 7.57. The third-order valence-corrected chi connectivity index (χ3v) is 5.84. The average molecular weight is 480 g/mol. The van der Waals surface area contributed by atoms with Gasteiger partial charge in [-0.2, -0.15) is 0 Å². The van der Waals surface area contributed by atoms with Gasteiger partial charge in [-0.05, 0) is 37.1 Å². The van der Waals surface area contributed by atoms with Crippen LogP contribution in [-0.2, 0) is 9.53 Å². The van der Waals surface area contributed by atoms with Gasteiger partial charge in [0, 0.05) is 42.3 Å². The number of rotatable bonds is 7. The fourth-order valence-electron chi connectivity index (χ4n) is 4.03. The number of aromatic amines is 1. The summed E-state index contributed by atoms with van der Waals surface area (Å²) in [5, 5.41) is 6.14.